The van der Waals surface area contributed by atoms with Gasteiger partial charge in [-0.25, -0.2) is 3.97 Å². The summed E-state index contributed by atoms with van der Waals surface area (Å²) in [7, 11) is 1.54. The van der Waals surface area contributed by atoms with Gasteiger partial charge in [0.25, 0.3) is 0 Å². The van der Waals surface area contributed by atoms with Crippen LogP contribution in [0.1, 0.15) is 0 Å². The quantitative estimate of drug-likeness (QED) is 0.563. The van der Waals surface area contributed by atoms with Crippen LogP contribution in [-0.4, -0.2) is 26.4 Å². The highest BCUT2D eigenvalue weighted by atomic mass is 35.5. The molecule has 0 bridgehead atoms. The number of aromatic nitrogens is 3. The van der Waals surface area contributed by atoms with Crippen molar-refractivity contribution in [1.29, 1.82) is 0 Å². The van der Waals surface area contributed by atoms with Crippen LogP contribution in [-0.2, 0) is 0 Å². The smallest absolute Gasteiger partial charge is 0.181 e. The fourth-order valence-electron chi connectivity index (χ4n) is 2.56. The van der Waals surface area contributed by atoms with Gasteiger partial charge in [-0.3, -0.25) is 0 Å². The highest BCUT2D eigenvalue weighted by Crippen LogP contribution is 2.44. The average Bonchev–Trinajstić information content (AvgIpc) is 3.24. The molecule has 0 amide bonds. The summed E-state index contributed by atoms with van der Waals surface area (Å²) < 4.78 is 12.6. The molecule has 0 aliphatic heterocycles. The van der Waals surface area contributed by atoms with E-state index in [2.05, 4.69) is 10.2 Å². The van der Waals surface area contributed by atoms with E-state index in [0.29, 0.717) is 27.7 Å². The van der Waals surface area contributed by atoms with Crippen LogP contribution in [0, 0.1) is 0 Å². The molecule has 25 heavy (non-hydrogen) atoms. The summed E-state index contributed by atoms with van der Waals surface area (Å²) in [5.74, 6) is 0.956. The molecule has 4 rings (SSSR count). The Morgan fingerprint density at radius 3 is 2.80 bits per heavy atom. The summed E-state index contributed by atoms with van der Waals surface area (Å²) in [4.78, 5) is 0.952. The largest absolute Gasteiger partial charge is 0.507 e. The number of nitrogens with zero attached hydrogens (tertiary/aromatic N) is 3. The van der Waals surface area contributed by atoms with E-state index in [4.69, 9.17) is 20.8 Å². The Balaban J connectivity index is 1.83. The fraction of sp³-hybridized carbons (Fsp3) is 0.0588. The molecule has 1 N–H and O–H groups in total. The van der Waals surface area contributed by atoms with Crippen molar-refractivity contribution in [2.45, 2.75) is 4.90 Å². The van der Waals surface area contributed by atoms with Gasteiger partial charge in [-0.05, 0) is 42.3 Å². The van der Waals surface area contributed by atoms with Gasteiger partial charge in [0, 0.05) is 16.0 Å². The van der Waals surface area contributed by atoms with E-state index >= 15 is 0 Å². The van der Waals surface area contributed by atoms with Crippen molar-refractivity contribution in [2.75, 3.05) is 7.11 Å². The molecule has 0 radical (unpaired) electrons. The monoisotopic (exact) mass is 373 g/mol. The number of phenols is 1. The average molecular weight is 374 g/mol. The molecule has 126 valence electrons. The molecule has 2 aromatic carbocycles. The minimum atomic E-state index is 0.00487. The van der Waals surface area contributed by atoms with Crippen molar-refractivity contribution in [2.24, 2.45) is 0 Å². The van der Waals surface area contributed by atoms with E-state index in [1.54, 1.807) is 28.7 Å². The molecule has 0 aliphatic carbocycles. The number of hydrogen-bond donors (Lipinski definition) is 1. The number of benzene rings is 2. The van der Waals surface area contributed by atoms with Crippen LogP contribution in [0.15, 0.2) is 58.3 Å². The molecule has 0 spiro atoms. The first kappa shape index (κ1) is 15.9. The summed E-state index contributed by atoms with van der Waals surface area (Å²) in [6.07, 6.45) is 3.12. The van der Waals surface area contributed by atoms with E-state index in [-0.39, 0.29) is 5.75 Å². The van der Waals surface area contributed by atoms with Gasteiger partial charge < -0.3 is 14.3 Å². The van der Waals surface area contributed by atoms with Gasteiger partial charge in [0.1, 0.15) is 29.0 Å². The van der Waals surface area contributed by atoms with Crippen molar-refractivity contribution in [3.63, 3.8) is 0 Å². The van der Waals surface area contributed by atoms with Crippen LogP contribution in [0.4, 0.5) is 0 Å². The molecule has 2 aromatic heterocycles. The maximum Gasteiger partial charge on any atom is 0.181 e. The van der Waals surface area contributed by atoms with E-state index in [1.807, 2.05) is 24.3 Å². The lowest BCUT2D eigenvalue weighted by Crippen LogP contribution is -1.95. The van der Waals surface area contributed by atoms with Gasteiger partial charge in [0.15, 0.2) is 5.82 Å². The fourth-order valence-corrected chi connectivity index (χ4v) is 3.47. The van der Waals surface area contributed by atoms with E-state index < -0.39 is 0 Å². The molecule has 0 fully saturated rings. The van der Waals surface area contributed by atoms with Crippen molar-refractivity contribution >= 4 is 34.5 Å². The van der Waals surface area contributed by atoms with Gasteiger partial charge in [-0.2, -0.15) is 0 Å². The van der Waals surface area contributed by atoms with Crippen LogP contribution < -0.4 is 4.74 Å². The second-order valence-corrected chi connectivity index (χ2v) is 6.65. The lowest BCUT2D eigenvalue weighted by molar-refractivity contribution is 0.414. The Morgan fingerprint density at radius 2 is 2.04 bits per heavy atom. The zero-order valence-corrected chi connectivity index (χ0v) is 14.6. The molecule has 0 unspecified atom stereocenters. The Kier molecular flexibility index (Phi) is 4.03. The number of fused-ring (bicyclic) bond motifs is 1. The van der Waals surface area contributed by atoms with Gasteiger partial charge >= 0.3 is 0 Å². The van der Waals surface area contributed by atoms with Crippen molar-refractivity contribution in [1.82, 2.24) is 14.2 Å². The van der Waals surface area contributed by atoms with E-state index in [9.17, 15) is 5.11 Å². The van der Waals surface area contributed by atoms with Gasteiger partial charge in [-0.15, -0.1) is 10.2 Å². The number of phenolic OH excluding ortho intramolecular Hbond substituents is 1. The number of aromatic hydroxyl groups is 1. The molecule has 0 atom stereocenters. The Hall–Kier alpha value is -2.64. The van der Waals surface area contributed by atoms with Crippen molar-refractivity contribution in [3.05, 3.63) is 54.0 Å². The third-order valence-electron chi connectivity index (χ3n) is 3.65. The zero-order chi connectivity index (χ0) is 17.4. The normalized spacial score (nSPS) is 11.1. The third kappa shape index (κ3) is 2.81. The lowest BCUT2D eigenvalue weighted by atomic mass is 10.1. The highest BCUT2D eigenvalue weighted by molar-refractivity contribution is 7.98. The Labute approximate surface area is 152 Å². The van der Waals surface area contributed by atoms with E-state index in [1.165, 1.54) is 19.1 Å². The lowest BCUT2D eigenvalue weighted by Gasteiger charge is -2.12. The second-order valence-electron chi connectivity index (χ2n) is 5.16. The number of methoxy groups -OCH3 is 1. The first-order chi connectivity index (χ1) is 12.2. The maximum absolute atomic E-state index is 10.5. The predicted octanol–water partition coefficient (Wildman–Crippen LogP) is 4.61. The molecule has 0 aliphatic rings. The van der Waals surface area contributed by atoms with Crippen LogP contribution in [0.3, 0.4) is 0 Å². The van der Waals surface area contributed by atoms with Gasteiger partial charge in [-0.1, -0.05) is 11.6 Å². The summed E-state index contributed by atoms with van der Waals surface area (Å²) >= 11 is 7.33. The number of furan rings is 1. The highest BCUT2D eigenvalue weighted by Gasteiger charge is 2.22. The Morgan fingerprint density at radius 1 is 1.24 bits per heavy atom. The molecular weight excluding hydrogens is 362 g/mol. The number of hydrogen-bond acceptors (Lipinski definition) is 6. The molecule has 8 heteroatoms. The number of ether oxygens (including phenoxy) is 1. The summed E-state index contributed by atoms with van der Waals surface area (Å²) in [5.41, 5.74) is 0.991. The number of rotatable bonds is 4. The van der Waals surface area contributed by atoms with Crippen LogP contribution in [0.5, 0.6) is 11.5 Å². The first-order valence-electron chi connectivity index (χ1n) is 7.29. The van der Waals surface area contributed by atoms with Gasteiger partial charge in [0.2, 0.25) is 0 Å². The van der Waals surface area contributed by atoms with Crippen LogP contribution in [0.25, 0.3) is 22.4 Å². The molecule has 6 nitrogen and oxygen atoms in total. The van der Waals surface area contributed by atoms with Crippen molar-refractivity contribution in [3.8, 4) is 22.9 Å². The summed E-state index contributed by atoms with van der Waals surface area (Å²) in [6, 6.07) is 10.7. The molecule has 4 aromatic rings. The first-order valence-corrected chi connectivity index (χ1v) is 8.44. The molecular formula is C17H12ClN3O3S. The summed E-state index contributed by atoms with van der Waals surface area (Å²) in [6.45, 7) is 0. The Bertz CT molecular complexity index is 1040. The minimum absolute atomic E-state index is 0.00487. The van der Waals surface area contributed by atoms with Crippen LogP contribution in [0.2, 0.25) is 5.02 Å². The second kappa shape index (κ2) is 6.34. The van der Waals surface area contributed by atoms with Crippen LogP contribution >= 0.6 is 23.5 Å². The van der Waals surface area contributed by atoms with E-state index in [0.717, 1.165) is 10.3 Å². The topological polar surface area (TPSA) is 73.3 Å². The SMILES string of the molecule is COc1c(-c2nncn2Sc2ccc(Cl)cc2)c(O)cc2occc12. The predicted molar refractivity (Wildman–Crippen MR) is 96.2 cm³/mol. The van der Waals surface area contributed by atoms with Crippen molar-refractivity contribution < 1.29 is 14.3 Å². The third-order valence-corrected chi connectivity index (χ3v) is 4.85. The maximum atomic E-state index is 10.5. The van der Waals surface area contributed by atoms with Gasteiger partial charge in [0.05, 0.1) is 18.8 Å². The molecule has 2 heterocycles. The minimum Gasteiger partial charge on any atom is -0.507 e. The zero-order valence-electron chi connectivity index (χ0n) is 13.0. The molecule has 0 saturated heterocycles. The molecule has 0 saturated carbocycles. The number of halogens is 1. The standard InChI is InChI=1S/C17H12ClN3O3S/c1-23-16-12-6-7-24-14(12)8-13(22)15(16)17-20-19-9-21(17)25-11-4-2-10(18)3-5-11/h2-9,22H,1H3. The summed E-state index contributed by atoms with van der Waals surface area (Å²) in [5, 5.41) is 20.0.